The van der Waals surface area contributed by atoms with E-state index in [1.54, 1.807) is 0 Å². The lowest BCUT2D eigenvalue weighted by molar-refractivity contribution is -0.123. The van der Waals surface area contributed by atoms with Crippen molar-refractivity contribution in [3.8, 4) is 0 Å². The molecule has 1 unspecified atom stereocenters. The molecule has 1 spiro atoms. The van der Waals surface area contributed by atoms with E-state index in [0.717, 1.165) is 24.9 Å². The van der Waals surface area contributed by atoms with Crippen molar-refractivity contribution in [3.63, 3.8) is 0 Å². The molecule has 1 aromatic carbocycles. The number of hydrogen-bond acceptors (Lipinski definition) is 1. The summed E-state index contributed by atoms with van der Waals surface area (Å²) >= 11 is 0. The Morgan fingerprint density at radius 2 is 2.06 bits per heavy atom. The molecule has 1 aromatic rings. The van der Waals surface area contributed by atoms with Crippen LogP contribution in [0, 0.1) is 0 Å². The van der Waals surface area contributed by atoms with E-state index in [1.165, 1.54) is 11.1 Å². The van der Waals surface area contributed by atoms with E-state index in [4.69, 9.17) is 0 Å². The molecule has 1 heterocycles. The average Bonchev–Trinajstić information content (AvgIpc) is 2.57. The molecule has 0 N–H and O–H groups in total. The summed E-state index contributed by atoms with van der Waals surface area (Å²) in [5, 5.41) is 0. The highest BCUT2D eigenvalue weighted by Crippen LogP contribution is 2.48. The normalized spacial score (nSPS) is 27.3. The summed E-state index contributed by atoms with van der Waals surface area (Å²) in [7, 11) is 1.89. The molecule has 0 aromatic heterocycles. The molecule has 17 heavy (non-hydrogen) atoms. The van der Waals surface area contributed by atoms with Gasteiger partial charge in [0.05, 0.1) is 5.41 Å². The van der Waals surface area contributed by atoms with Crippen LogP contribution in [-0.2, 0) is 10.2 Å². The number of nitrogens with zero attached hydrogens (tertiary/aromatic N) is 1. The number of fused-ring (bicyclic) bond motifs is 2. The zero-order valence-corrected chi connectivity index (χ0v) is 10.4. The first-order valence-electron chi connectivity index (χ1n) is 6.18. The van der Waals surface area contributed by atoms with Crippen LogP contribution < -0.4 is 4.90 Å². The van der Waals surface area contributed by atoms with Gasteiger partial charge < -0.3 is 4.90 Å². The molecule has 1 atom stereocenters. The van der Waals surface area contributed by atoms with E-state index in [-0.39, 0.29) is 11.3 Å². The third-order valence-corrected chi connectivity index (χ3v) is 4.24. The predicted molar refractivity (Wildman–Crippen MR) is 69.1 cm³/mol. The number of benzene rings is 1. The second-order valence-electron chi connectivity index (χ2n) is 5.22. The molecule has 0 saturated carbocycles. The van der Waals surface area contributed by atoms with Crippen molar-refractivity contribution in [3.05, 3.63) is 41.5 Å². The molecule has 1 amide bonds. The van der Waals surface area contributed by atoms with E-state index in [9.17, 15) is 4.79 Å². The van der Waals surface area contributed by atoms with Gasteiger partial charge in [-0.1, -0.05) is 29.8 Å². The highest BCUT2D eigenvalue weighted by Gasteiger charge is 2.49. The molecule has 0 radical (unpaired) electrons. The third kappa shape index (κ3) is 1.30. The minimum absolute atomic E-state index is 0.266. The minimum Gasteiger partial charge on any atom is -0.314 e. The number of hydrogen-bond donors (Lipinski definition) is 0. The van der Waals surface area contributed by atoms with Gasteiger partial charge in [0.25, 0.3) is 0 Å². The summed E-state index contributed by atoms with van der Waals surface area (Å²) in [5.41, 5.74) is 3.45. The predicted octanol–water partition coefficient (Wildman–Crippen LogP) is 3.03. The number of anilines is 1. The molecular weight excluding hydrogens is 210 g/mol. The highest BCUT2D eigenvalue weighted by molar-refractivity contribution is 6.08. The average molecular weight is 227 g/mol. The zero-order chi connectivity index (χ0) is 12.0. The van der Waals surface area contributed by atoms with Crippen molar-refractivity contribution in [2.45, 2.75) is 31.6 Å². The minimum atomic E-state index is -0.273. The molecule has 2 nitrogen and oxygen atoms in total. The SMILES string of the molecule is CC1=CCC2(CC1)C(=O)N(C)c1ccccc12. The Balaban J connectivity index is 2.16. The van der Waals surface area contributed by atoms with Gasteiger partial charge in [0.15, 0.2) is 0 Å². The van der Waals surface area contributed by atoms with Crippen LogP contribution in [0.5, 0.6) is 0 Å². The van der Waals surface area contributed by atoms with Crippen molar-refractivity contribution in [1.29, 1.82) is 0 Å². The van der Waals surface area contributed by atoms with Crippen LogP contribution in [0.25, 0.3) is 0 Å². The molecular formula is C15H17NO. The number of carbonyl (C=O) groups excluding carboxylic acids is 1. The number of likely N-dealkylation sites (N-methyl/N-ethyl adjacent to an activating group) is 1. The van der Waals surface area contributed by atoms with Crippen molar-refractivity contribution >= 4 is 11.6 Å². The second kappa shape index (κ2) is 3.46. The standard InChI is InChI=1S/C15H17NO/c1-11-7-9-15(10-8-11)12-5-3-4-6-13(12)16(2)14(15)17/h3-7H,8-10H2,1-2H3. The quantitative estimate of drug-likeness (QED) is 0.624. The largest absolute Gasteiger partial charge is 0.314 e. The monoisotopic (exact) mass is 227 g/mol. The molecule has 2 heteroatoms. The molecule has 2 aliphatic rings. The highest BCUT2D eigenvalue weighted by atomic mass is 16.2. The van der Waals surface area contributed by atoms with Gasteiger partial charge in [-0.25, -0.2) is 0 Å². The first-order chi connectivity index (χ1) is 8.15. The van der Waals surface area contributed by atoms with E-state index in [2.05, 4.69) is 19.1 Å². The van der Waals surface area contributed by atoms with E-state index >= 15 is 0 Å². The zero-order valence-electron chi connectivity index (χ0n) is 10.4. The molecule has 0 bridgehead atoms. The number of amides is 1. The Bertz CT molecular complexity index is 517. The number of allylic oxidation sites excluding steroid dienone is 2. The van der Waals surface area contributed by atoms with E-state index in [1.807, 2.05) is 30.1 Å². The number of para-hydroxylation sites is 1. The summed E-state index contributed by atoms with van der Waals surface area (Å²) in [4.78, 5) is 14.4. The van der Waals surface area contributed by atoms with Gasteiger partial charge in [-0.15, -0.1) is 0 Å². The first-order valence-corrected chi connectivity index (χ1v) is 6.18. The van der Waals surface area contributed by atoms with Crippen LogP contribution >= 0.6 is 0 Å². The van der Waals surface area contributed by atoms with Crippen LogP contribution in [0.3, 0.4) is 0 Å². The fourth-order valence-corrected chi connectivity index (χ4v) is 3.12. The molecule has 1 aliphatic carbocycles. The fraction of sp³-hybridized carbons (Fsp3) is 0.400. The lowest BCUT2D eigenvalue weighted by atomic mass is 9.71. The van der Waals surface area contributed by atoms with Crippen LogP contribution in [0.1, 0.15) is 31.7 Å². The van der Waals surface area contributed by atoms with Crippen molar-refractivity contribution < 1.29 is 4.79 Å². The smallest absolute Gasteiger partial charge is 0.237 e. The number of carbonyl (C=O) groups is 1. The number of rotatable bonds is 0. The van der Waals surface area contributed by atoms with Gasteiger partial charge in [0.1, 0.15) is 0 Å². The molecule has 88 valence electrons. The Morgan fingerprint density at radius 3 is 2.76 bits per heavy atom. The van der Waals surface area contributed by atoms with Crippen molar-refractivity contribution in [2.24, 2.45) is 0 Å². The molecule has 0 saturated heterocycles. The maximum atomic E-state index is 12.5. The van der Waals surface area contributed by atoms with E-state index < -0.39 is 0 Å². The van der Waals surface area contributed by atoms with Gasteiger partial charge in [-0.3, -0.25) is 4.79 Å². The van der Waals surface area contributed by atoms with Crippen molar-refractivity contribution in [2.75, 3.05) is 11.9 Å². The summed E-state index contributed by atoms with van der Waals surface area (Å²) in [5.74, 6) is 0.266. The molecule has 0 fully saturated rings. The third-order valence-electron chi connectivity index (χ3n) is 4.24. The topological polar surface area (TPSA) is 20.3 Å². The summed E-state index contributed by atoms with van der Waals surface area (Å²) in [6, 6.07) is 8.21. The van der Waals surface area contributed by atoms with Gasteiger partial charge in [-0.2, -0.15) is 0 Å². The first kappa shape index (κ1) is 10.6. The Hall–Kier alpha value is -1.57. The van der Waals surface area contributed by atoms with Crippen LogP contribution in [0.15, 0.2) is 35.9 Å². The van der Waals surface area contributed by atoms with Gasteiger partial charge >= 0.3 is 0 Å². The van der Waals surface area contributed by atoms with Gasteiger partial charge in [0.2, 0.25) is 5.91 Å². The molecule has 3 rings (SSSR count). The summed E-state index contributed by atoms with van der Waals surface area (Å²) in [6.45, 7) is 2.15. The van der Waals surface area contributed by atoms with Crippen LogP contribution in [0.4, 0.5) is 5.69 Å². The fourth-order valence-electron chi connectivity index (χ4n) is 3.12. The molecule has 1 aliphatic heterocycles. The van der Waals surface area contributed by atoms with Gasteiger partial charge in [-0.05, 0) is 37.8 Å². The van der Waals surface area contributed by atoms with Crippen molar-refractivity contribution in [1.82, 2.24) is 0 Å². The maximum absolute atomic E-state index is 12.5. The van der Waals surface area contributed by atoms with Crippen LogP contribution in [0.2, 0.25) is 0 Å². The maximum Gasteiger partial charge on any atom is 0.237 e. The Labute approximate surface area is 102 Å². The second-order valence-corrected chi connectivity index (χ2v) is 5.22. The summed E-state index contributed by atoms with van der Waals surface area (Å²) in [6.07, 6.45) is 5.08. The Kier molecular flexibility index (Phi) is 2.15. The Morgan fingerprint density at radius 1 is 1.29 bits per heavy atom. The lowest BCUT2D eigenvalue weighted by Gasteiger charge is -2.30. The van der Waals surface area contributed by atoms with Crippen LogP contribution in [-0.4, -0.2) is 13.0 Å². The van der Waals surface area contributed by atoms with Gasteiger partial charge in [0, 0.05) is 12.7 Å². The lowest BCUT2D eigenvalue weighted by Crippen LogP contribution is -2.39. The van der Waals surface area contributed by atoms with E-state index in [0.29, 0.717) is 0 Å². The summed E-state index contributed by atoms with van der Waals surface area (Å²) < 4.78 is 0.